The van der Waals surface area contributed by atoms with Crippen molar-refractivity contribution in [2.45, 2.75) is 24.9 Å². The average molecular weight is 282 g/mol. The molecule has 0 radical (unpaired) electrons. The van der Waals surface area contributed by atoms with Crippen LogP contribution >= 0.6 is 0 Å². The van der Waals surface area contributed by atoms with Crippen LogP contribution < -0.4 is 17.2 Å². The van der Waals surface area contributed by atoms with Crippen molar-refractivity contribution in [3.05, 3.63) is 16.7 Å². The molecule has 10 nitrogen and oxygen atoms in total. The van der Waals surface area contributed by atoms with E-state index in [1.54, 1.807) is 4.57 Å². The van der Waals surface area contributed by atoms with Gasteiger partial charge < -0.3 is 15.6 Å². The number of nitrogens with zero attached hydrogens (tertiary/aromatic N) is 3. The Morgan fingerprint density at radius 3 is 3.10 bits per heavy atom. The number of fused-ring (bicyclic) bond motifs is 1. The quantitative estimate of drug-likeness (QED) is 0.483. The van der Waals surface area contributed by atoms with Crippen LogP contribution in [0.15, 0.2) is 11.1 Å². The summed E-state index contributed by atoms with van der Waals surface area (Å²) in [6.07, 6.45) is 0.370. The summed E-state index contributed by atoms with van der Waals surface area (Å²) in [5.41, 5.74) is 5.58. The lowest BCUT2D eigenvalue weighted by atomic mass is 10.2. The van der Waals surface area contributed by atoms with Crippen LogP contribution in [-0.2, 0) is 9.57 Å². The highest BCUT2D eigenvalue weighted by atomic mass is 16.7. The molecule has 10 heteroatoms. The lowest BCUT2D eigenvalue weighted by Gasteiger charge is -2.13. The molecule has 3 atom stereocenters. The van der Waals surface area contributed by atoms with Crippen molar-refractivity contribution < 1.29 is 14.7 Å². The number of aliphatic hydroxyl groups excluding tert-OH is 1. The summed E-state index contributed by atoms with van der Waals surface area (Å²) in [5, 5.41) is 9.21. The van der Waals surface area contributed by atoms with E-state index >= 15 is 0 Å². The van der Waals surface area contributed by atoms with Crippen LogP contribution in [0.5, 0.6) is 0 Å². The molecule has 6 N–H and O–H groups in total. The van der Waals surface area contributed by atoms with Gasteiger partial charge in [0.05, 0.1) is 12.9 Å². The third-order valence-electron chi connectivity index (χ3n) is 3.30. The lowest BCUT2D eigenvalue weighted by Crippen LogP contribution is -2.29. The fourth-order valence-electron chi connectivity index (χ4n) is 2.33. The number of hydrogen-bond donors (Lipinski definition) is 4. The molecular weight excluding hydrogens is 268 g/mol. The zero-order valence-corrected chi connectivity index (χ0v) is 10.4. The van der Waals surface area contributed by atoms with Gasteiger partial charge in [-0.05, 0) is 0 Å². The van der Waals surface area contributed by atoms with E-state index in [9.17, 15) is 9.90 Å². The van der Waals surface area contributed by atoms with Crippen LogP contribution in [0.25, 0.3) is 11.2 Å². The zero-order chi connectivity index (χ0) is 14.3. The number of ether oxygens (including phenoxy) is 1. The SMILES string of the molecule is NOC1C[C@H](n2cnc3c(=O)[nH]c(N)nc32)O[C@@H]1CO. The molecule has 3 heterocycles. The summed E-state index contributed by atoms with van der Waals surface area (Å²) in [6.45, 7) is -0.221. The van der Waals surface area contributed by atoms with Crippen LogP contribution in [0, 0.1) is 0 Å². The molecule has 1 aliphatic heterocycles. The molecule has 0 aliphatic carbocycles. The first-order valence-electron chi connectivity index (χ1n) is 5.98. The van der Waals surface area contributed by atoms with Crippen molar-refractivity contribution >= 4 is 17.1 Å². The van der Waals surface area contributed by atoms with E-state index in [2.05, 4.69) is 15.0 Å². The van der Waals surface area contributed by atoms with Gasteiger partial charge in [0.15, 0.2) is 11.2 Å². The first-order valence-corrected chi connectivity index (χ1v) is 5.98. The Kier molecular flexibility index (Phi) is 3.14. The van der Waals surface area contributed by atoms with Crippen molar-refractivity contribution in [1.82, 2.24) is 19.5 Å². The molecule has 1 aliphatic rings. The molecule has 108 valence electrons. The molecule has 1 saturated heterocycles. The second-order valence-electron chi connectivity index (χ2n) is 4.50. The van der Waals surface area contributed by atoms with E-state index in [-0.39, 0.29) is 18.1 Å². The Balaban J connectivity index is 2.01. The number of aliphatic hydroxyl groups is 1. The number of nitrogen functional groups attached to an aromatic ring is 1. The van der Waals surface area contributed by atoms with Gasteiger partial charge in [-0.3, -0.25) is 19.2 Å². The Labute approximate surface area is 112 Å². The van der Waals surface area contributed by atoms with E-state index in [1.807, 2.05) is 0 Å². The van der Waals surface area contributed by atoms with Gasteiger partial charge in [-0.25, -0.2) is 10.9 Å². The van der Waals surface area contributed by atoms with Gasteiger partial charge in [-0.2, -0.15) is 4.98 Å². The highest BCUT2D eigenvalue weighted by Crippen LogP contribution is 2.31. The molecule has 0 saturated carbocycles. The lowest BCUT2D eigenvalue weighted by molar-refractivity contribution is -0.0612. The van der Waals surface area contributed by atoms with Gasteiger partial charge in [-0.15, -0.1) is 0 Å². The van der Waals surface area contributed by atoms with Crippen LogP contribution in [0.2, 0.25) is 0 Å². The standard InChI is InChI=1S/C10H14N6O4/c11-10-14-8-7(9(18)15-10)13-3-16(8)6-1-4(20-12)5(2-17)19-6/h3-6,17H,1-2,12H2,(H3,11,14,15,18)/t4?,5-,6-/m1/s1. The third kappa shape index (κ3) is 1.94. The van der Waals surface area contributed by atoms with Gasteiger partial charge in [0, 0.05) is 6.42 Å². The van der Waals surface area contributed by atoms with Crippen LogP contribution in [0.4, 0.5) is 5.95 Å². The van der Waals surface area contributed by atoms with E-state index in [4.69, 9.17) is 21.2 Å². The number of aromatic amines is 1. The number of hydrogen-bond acceptors (Lipinski definition) is 8. The van der Waals surface area contributed by atoms with Gasteiger partial charge in [0.2, 0.25) is 5.95 Å². The Bertz CT molecular complexity index is 670. The number of anilines is 1. The minimum atomic E-state index is -0.540. The largest absolute Gasteiger partial charge is 0.394 e. The molecular formula is C10H14N6O4. The van der Waals surface area contributed by atoms with E-state index in [0.29, 0.717) is 12.1 Å². The predicted octanol–water partition coefficient (Wildman–Crippen LogP) is -1.76. The van der Waals surface area contributed by atoms with Crippen LogP contribution in [-0.4, -0.2) is 43.4 Å². The van der Waals surface area contributed by atoms with Gasteiger partial charge in [0.25, 0.3) is 5.56 Å². The minimum Gasteiger partial charge on any atom is -0.394 e. The maximum Gasteiger partial charge on any atom is 0.280 e. The number of H-pyrrole nitrogens is 1. The molecule has 0 spiro atoms. The van der Waals surface area contributed by atoms with Crippen molar-refractivity contribution in [2.75, 3.05) is 12.3 Å². The van der Waals surface area contributed by atoms with Crippen molar-refractivity contribution in [1.29, 1.82) is 0 Å². The molecule has 0 aromatic carbocycles. The van der Waals surface area contributed by atoms with Gasteiger partial charge >= 0.3 is 0 Å². The third-order valence-corrected chi connectivity index (χ3v) is 3.30. The first kappa shape index (κ1) is 13.0. The monoisotopic (exact) mass is 282 g/mol. The molecule has 1 unspecified atom stereocenters. The maximum atomic E-state index is 11.7. The number of nitrogens with two attached hydrogens (primary N) is 2. The van der Waals surface area contributed by atoms with Crippen LogP contribution in [0.1, 0.15) is 12.6 Å². The highest BCUT2D eigenvalue weighted by molar-refractivity contribution is 5.70. The molecule has 1 fully saturated rings. The number of rotatable bonds is 3. The van der Waals surface area contributed by atoms with Crippen molar-refractivity contribution in [3.63, 3.8) is 0 Å². The fourth-order valence-corrected chi connectivity index (χ4v) is 2.33. The first-order chi connectivity index (χ1) is 9.63. The Morgan fingerprint density at radius 1 is 1.65 bits per heavy atom. The van der Waals surface area contributed by atoms with E-state index < -0.39 is 24.0 Å². The summed E-state index contributed by atoms with van der Waals surface area (Å²) in [7, 11) is 0. The summed E-state index contributed by atoms with van der Waals surface area (Å²) >= 11 is 0. The minimum absolute atomic E-state index is 0.00687. The molecule has 0 amide bonds. The van der Waals surface area contributed by atoms with Gasteiger partial charge in [0.1, 0.15) is 18.4 Å². The second kappa shape index (κ2) is 4.83. The topological polar surface area (TPSA) is 154 Å². The molecule has 3 rings (SSSR count). The maximum absolute atomic E-state index is 11.7. The molecule has 0 bridgehead atoms. The molecule has 20 heavy (non-hydrogen) atoms. The average Bonchev–Trinajstić information content (AvgIpc) is 3.01. The number of imidazole rings is 1. The normalized spacial score (nSPS) is 26.4. The Morgan fingerprint density at radius 2 is 2.45 bits per heavy atom. The van der Waals surface area contributed by atoms with E-state index in [1.165, 1.54) is 6.33 Å². The van der Waals surface area contributed by atoms with Crippen LogP contribution in [0.3, 0.4) is 0 Å². The Hall–Kier alpha value is -2.01. The summed E-state index contributed by atoms with van der Waals surface area (Å²) < 4.78 is 7.19. The predicted molar refractivity (Wildman–Crippen MR) is 67.2 cm³/mol. The fraction of sp³-hybridized carbons (Fsp3) is 0.500. The van der Waals surface area contributed by atoms with Gasteiger partial charge in [-0.1, -0.05) is 0 Å². The summed E-state index contributed by atoms with van der Waals surface area (Å²) in [5.74, 6) is 5.16. The summed E-state index contributed by atoms with van der Waals surface area (Å²) in [6, 6.07) is 0. The number of aromatic nitrogens is 4. The van der Waals surface area contributed by atoms with Crippen molar-refractivity contribution in [3.8, 4) is 0 Å². The smallest absolute Gasteiger partial charge is 0.280 e. The molecule has 2 aromatic heterocycles. The second-order valence-corrected chi connectivity index (χ2v) is 4.50. The zero-order valence-electron chi connectivity index (χ0n) is 10.4. The highest BCUT2D eigenvalue weighted by Gasteiger charge is 2.37. The van der Waals surface area contributed by atoms with Crippen molar-refractivity contribution in [2.24, 2.45) is 5.90 Å². The van der Waals surface area contributed by atoms with E-state index in [0.717, 1.165) is 0 Å². The summed E-state index contributed by atoms with van der Waals surface area (Å²) in [4.78, 5) is 26.9. The molecule has 2 aromatic rings. The number of nitrogens with one attached hydrogen (secondary N) is 1.